The van der Waals surface area contributed by atoms with E-state index in [0.29, 0.717) is 43.5 Å². The van der Waals surface area contributed by atoms with Gasteiger partial charge in [0, 0.05) is 42.7 Å². The van der Waals surface area contributed by atoms with Crippen molar-refractivity contribution < 1.29 is 24.5 Å². The molecule has 37 heavy (non-hydrogen) atoms. The second-order valence-corrected chi connectivity index (χ2v) is 10.7. The summed E-state index contributed by atoms with van der Waals surface area (Å²) in [6.45, 7) is 6.87. The fraction of sp³-hybridized carbons (Fsp3) is 0.400. The number of aromatic hydroxyl groups is 1. The third-order valence-electron chi connectivity index (χ3n) is 8.89. The van der Waals surface area contributed by atoms with Crippen LogP contribution in [0.2, 0.25) is 0 Å². The van der Waals surface area contributed by atoms with Gasteiger partial charge in [-0.05, 0) is 56.0 Å². The van der Waals surface area contributed by atoms with Crippen LogP contribution in [-0.2, 0) is 10.2 Å². The minimum atomic E-state index is -1.39. The fourth-order valence-electron chi connectivity index (χ4n) is 7.31. The topological polar surface area (TPSA) is 90.3 Å². The number of aryl methyl sites for hydroxylation is 1. The number of Topliss-reactive ketones (excluding diaryl/α,β-unsaturated/α-hetero) is 1. The number of phenols is 1. The molecule has 1 amide bonds. The Morgan fingerprint density at radius 3 is 2.89 bits per heavy atom. The molecular formula is C30H30N2O5. The number of rotatable bonds is 3. The highest BCUT2D eigenvalue weighted by atomic mass is 16.5. The molecular weight excluding hydrogens is 468 g/mol. The molecule has 4 aliphatic rings. The highest BCUT2D eigenvalue weighted by Gasteiger charge is 2.75. The smallest absolute Gasteiger partial charge is 0.298 e. The van der Waals surface area contributed by atoms with Gasteiger partial charge in [0.1, 0.15) is 17.7 Å². The van der Waals surface area contributed by atoms with E-state index in [2.05, 4.69) is 18.4 Å². The molecule has 1 saturated heterocycles. The Bertz CT molecular complexity index is 1410. The first-order valence-corrected chi connectivity index (χ1v) is 12.7. The van der Waals surface area contributed by atoms with E-state index in [0.717, 1.165) is 11.1 Å². The summed E-state index contributed by atoms with van der Waals surface area (Å²) < 4.78 is 6.44. The van der Waals surface area contributed by atoms with Crippen molar-refractivity contribution in [3.8, 4) is 23.3 Å². The van der Waals surface area contributed by atoms with Gasteiger partial charge in [0.2, 0.25) is 0 Å². The van der Waals surface area contributed by atoms with Crippen LogP contribution in [0, 0.1) is 18.8 Å². The number of carbonyl (C=O) groups excluding carboxylic acids is 2. The molecule has 0 aromatic heterocycles. The zero-order valence-corrected chi connectivity index (χ0v) is 21.0. The number of ketones is 1. The molecule has 7 nitrogen and oxygen atoms in total. The van der Waals surface area contributed by atoms with Crippen molar-refractivity contribution in [1.29, 1.82) is 0 Å². The number of likely N-dealkylation sites (tertiary alicyclic amines) is 1. The summed E-state index contributed by atoms with van der Waals surface area (Å²) in [5, 5.41) is 23.1. The maximum atomic E-state index is 13.8. The lowest BCUT2D eigenvalue weighted by molar-refractivity contribution is -0.185. The van der Waals surface area contributed by atoms with E-state index in [4.69, 9.17) is 4.74 Å². The molecule has 7 heteroatoms. The molecule has 1 spiro atoms. The Morgan fingerprint density at radius 2 is 2.14 bits per heavy atom. The van der Waals surface area contributed by atoms with Crippen LogP contribution in [0.3, 0.4) is 0 Å². The third kappa shape index (κ3) is 3.09. The number of hydrogen-bond donors (Lipinski definition) is 2. The second kappa shape index (κ2) is 8.20. The van der Waals surface area contributed by atoms with Crippen molar-refractivity contribution in [2.75, 3.05) is 20.1 Å². The molecule has 6 rings (SSSR count). The van der Waals surface area contributed by atoms with Crippen molar-refractivity contribution in [2.24, 2.45) is 0 Å². The second-order valence-electron chi connectivity index (χ2n) is 10.7. The van der Waals surface area contributed by atoms with E-state index in [9.17, 15) is 19.8 Å². The Balaban J connectivity index is 1.42. The quantitative estimate of drug-likeness (QED) is 0.500. The maximum Gasteiger partial charge on any atom is 0.298 e. The molecule has 5 atom stereocenters. The predicted octanol–water partition coefficient (Wildman–Crippen LogP) is 2.56. The summed E-state index contributed by atoms with van der Waals surface area (Å²) in [4.78, 5) is 30.6. The van der Waals surface area contributed by atoms with E-state index in [1.807, 2.05) is 36.1 Å². The highest BCUT2D eigenvalue weighted by Crippen LogP contribution is 2.65. The van der Waals surface area contributed by atoms with Crippen molar-refractivity contribution in [3.05, 3.63) is 71.3 Å². The molecule has 2 bridgehead atoms. The van der Waals surface area contributed by atoms with Crippen LogP contribution in [0.15, 0.2) is 49.1 Å². The van der Waals surface area contributed by atoms with E-state index in [-0.39, 0.29) is 29.2 Å². The zero-order valence-electron chi connectivity index (χ0n) is 21.0. The van der Waals surface area contributed by atoms with Crippen LogP contribution in [-0.4, -0.2) is 75.6 Å². The van der Waals surface area contributed by atoms with Gasteiger partial charge in [0.05, 0.1) is 11.5 Å². The summed E-state index contributed by atoms with van der Waals surface area (Å²) in [7, 11) is 1.71. The Hall–Kier alpha value is -3.60. The summed E-state index contributed by atoms with van der Waals surface area (Å²) in [5.41, 5.74) is 0.586. The molecule has 0 radical (unpaired) electrons. The number of benzene rings is 2. The van der Waals surface area contributed by atoms with E-state index >= 15 is 0 Å². The molecule has 190 valence electrons. The largest absolute Gasteiger partial charge is 0.504 e. The Morgan fingerprint density at radius 1 is 1.32 bits per heavy atom. The molecule has 2 aliphatic heterocycles. The number of piperidine rings is 1. The van der Waals surface area contributed by atoms with Gasteiger partial charge < -0.3 is 19.8 Å². The zero-order chi connectivity index (χ0) is 26.1. The monoisotopic (exact) mass is 498 g/mol. The summed E-state index contributed by atoms with van der Waals surface area (Å²) in [6, 6.07) is 9.66. The molecule has 2 aromatic carbocycles. The van der Waals surface area contributed by atoms with Gasteiger partial charge in [-0.2, -0.15) is 0 Å². The summed E-state index contributed by atoms with van der Waals surface area (Å²) in [5.74, 6) is 5.42. The standard InChI is InChI=1S/C30H30N2O5/c1-4-15-32-16-14-29-24-20-9-10-22(33)26(24)37-28(29)21(12-13-30(29,36)27(32)25(20)35)31(3)23(34)11-8-19-7-5-6-18(2)17-19/h4-7,9-10,17,21,27-28,33,36H,1,12-16H2,2-3H3/t21-,27-,28+,29+,30-/m1/s1. The van der Waals surface area contributed by atoms with E-state index < -0.39 is 23.2 Å². The Labute approximate surface area is 216 Å². The average molecular weight is 499 g/mol. The summed E-state index contributed by atoms with van der Waals surface area (Å²) >= 11 is 0. The van der Waals surface area contributed by atoms with E-state index in [1.54, 1.807) is 24.1 Å². The molecule has 2 aliphatic carbocycles. The number of likely N-dealkylation sites (N-methyl/N-ethyl adjacent to an activating group) is 1. The van der Waals surface area contributed by atoms with Crippen molar-refractivity contribution in [2.45, 2.75) is 55.4 Å². The summed E-state index contributed by atoms with van der Waals surface area (Å²) in [6.07, 6.45) is 2.42. The van der Waals surface area contributed by atoms with Crippen molar-refractivity contribution in [1.82, 2.24) is 9.80 Å². The maximum absolute atomic E-state index is 13.8. The lowest BCUT2D eigenvalue weighted by Crippen LogP contribution is -2.79. The highest BCUT2D eigenvalue weighted by molar-refractivity contribution is 6.06. The van der Waals surface area contributed by atoms with Gasteiger partial charge in [-0.15, -0.1) is 6.58 Å². The van der Waals surface area contributed by atoms with Gasteiger partial charge in [-0.25, -0.2) is 0 Å². The fourth-order valence-corrected chi connectivity index (χ4v) is 7.31. The molecule has 2 aromatic rings. The van der Waals surface area contributed by atoms with Crippen molar-refractivity contribution in [3.63, 3.8) is 0 Å². The molecule has 1 saturated carbocycles. The lowest BCUT2D eigenvalue weighted by Gasteiger charge is -2.63. The number of phenolic OH excluding ortho intramolecular Hbond substituents is 1. The first-order valence-electron chi connectivity index (χ1n) is 12.7. The van der Waals surface area contributed by atoms with Gasteiger partial charge in [-0.3, -0.25) is 14.5 Å². The van der Waals surface area contributed by atoms with Gasteiger partial charge in [-0.1, -0.05) is 24.1 Å². The molecule has 2 fully saturated rings. The number of ether oxygens (including phenoxy) is 1. The number of nitrogens with zero attached hydrogens (tertiary/aromatic N) is 2. The molecule has 2 heterocycles. The number of carbonyl (C=O) groups is 2. The first-order chi connectivity index (χ1) is 17.7. The number of aliphatic hydroxyl groups is 1. The number of hydrogen-bond acceptors (Lipinski definition) is 6. The first kappa shape index (κ1) is 23.8. The van der Waals surface area contributed by atoms with Crippen LogP contribution in [0.5, 0.6) is 11.5 Å². The van der Waals surface area contributed by atoms with E-state index in [1.165, 1.54) is 6.07 Å². The van der Waals surface area contributed by atoms with Gasteiger partial charge in [0.25, 0.3) is 5.91 Å². The minimum Gasteiger partial charge on any atom is -0.504 e. The third-order valence-corrected chi connectivity index (χ3v) is 8.89. The lowest BCUT2D eigenvalue weighted by atomic mass is 9.48. The molecule has 2 N–H and O–H groups in total. The van der Waals surface area contributed by atoms with Crippen LogP contribution < -0.4 is 4.74 Å². The number of amides is 1. The minimum absolute atomic E-state index is 0.0587. The normalized spacial score (nSPS) is 31.0. The van der Waals surface area contributed by atoms with Crippen molar-refractivity contribution >= 4 is 11.7 Å². The average Bonchev–Trinajstić information content (AvgIpc) is 3.22. The van der Waals surface area contributed by atoms with Crippen LogP contribution in [0.4, 0.5) is 0 Å². The molecule has 0 unspecified atom stereocenters. The van der Waals surface area contributed by atoms with Gasteiger partial charge >= 0.3 is 0 Å². The van der Waals surface area contributed by atoms with Gasteiger partial charge in [0.15, 0.2) is 17.3 Å². The SMILES string of the molecule is C=CCN1CC[C@]23c4c5ccc(O)c4O[C@H]2[C@H](N(C)C(=O)C#Cc2cccc(C)c2)CC[C@@]3(O)[C@H]1C5=O. The Kier molecular flexibility index (Phi) is 5.27. The predicted molar refractivity (Wildman–Crippen MR) is 138 cm³/mol. The van der Waals surface area contributed by atoms with Crippen LogP contribution in [0.1, 0.15) is 46.3 Å². The van der Waals surface area contributed by atoms with Crippen LogP contribution >= 0.6 is 0 Å². The van der Waals surface area contributed by atoms with Crippen LogP contribution in [0.25, 0.3) is 0 Å².